The van der Waals surface area contributed by atoms with Gasteiger partial charge in [-0.1, -0.05) is 46.2 Å². The zero-order chi connectivity index (χ0) is 30.1. The van der Waals surface area contributed by atoms with Crippen molar-refractivity contribution in [2.45, 2.75) is 72.1 Å². The summed E-state index contributed by atoms with van der Waals surface area (Å²) in [6.45, 7) is 9.95. The molecule has 0 radical (unpaired) electrons. The standard InChI is InChI=1S/C23H23ClF2N4O7.2C2H6/c1-2-3-36-30-21(32)10-4-13(25)11(14(26)5-10)7-35-22-12(24)6-15-20(28-22)29-23(27-15)37-17-9-34-18-16(31)8-33-19(17)18;2*1-2/h4-6,16-19,31H,2-3,7-9H2,1H3,(H,30,32)(H,27,28,29);2*1-2H3/t16-,17-,18?,19-;;/m1../s1. The zero-order valence-electron chi connectivity index (χ0n) is 23.5. The number of nitrogens with zero attached hydrogens (tertiary/aromatic N) is 2. The van der Waals surface area contributed by atoms with E-state index < -0.39 is 54.1 Å². The first-order valence-electron chi connectivity index (χ1n) is 13.5. The Labute approximate surface area is 241 Å². The number of hydroxylamine groups is 1. The molecule has 14 heteroatoms. The van der Waals surface area contributed by atoms with Crippen LogP contribution < -0.4 is 15.0 Å². The summed E-state index contributed by atoms with van der Waals surface area (Å²) in [5.41, 5.74) is 2.09. The number of amides is 1. The van der Waals surface area contributed by atoms with E-state index in [9.17, 15) is 18.7 Å². The van der Waals surface area contributed by atoms with Crippen molar-refractivity contribution < 1.29 is 42.5 Å². The Morgan fingerprint density at radius 3 is 2.49 bits per heavy atom. The molecule has 0 saturated carbocycles. The molecule has 2 aliphatic rings. The molecule has 11 nitrogen and oxygen atoms in total. The number of pyridine rings is 1. The van der Waals surface area contributed by atoms with Gasteiger partial charge in [-0.15, -0.1) is 0 Å². The Hall–Kier alpha value is -3.10. The lowest BCUT2D eigenvalue weighted by Gasteiger charge is -2.15. The van der Waals surface area contributed by atoms with E-state index in [0.29, 0.717) is 11.9 Å². The van der Waals surface area contributed by atoms with Crippen molar-refractivity contribution in [2.24, 2.45) is 0 Å². The maximum absolute atomic E-state index is 14.6. The number of rotatable bonds is 9. The van der Waals surface area contributed by atoms with E-state index in [1.807, 2.05) is 34.6 Å². The number of aromatic amines is 1. The summed E-state index contributed by atoms with van der Waals surface area (Å²) in [7, 11) is 0. The van der Waals surface area contributed by atoms with Crippen molar-refractivity contribution in [1.29, 1.82) is 0 Å². The molecule has 4 atom stereocenters. The monoisotopic (exact) mass is 600 g/mol. The van der Waals surface area contributed by atoms with Crippen molar-refractivity contribution in [1.82, 2.24) is 20.4 Å². The molecule has 2 saturated heterocycles. The van der Waals surface area contributed by atoms with Crippen molar-refractivity contribution in [3.63, 3.8) is 0 Å². The summed E-state index contributed by atoms with van der Waals surface area (Å²) < 4.78 is 51.5. The third-order valence-electron chi connectivity index (χ3n) is 5.85. The summed E-state index contributed by atoms with van der Waals surface area (Å²) >= 11 is 6.25. The predicted molar refractivity (Wildman–Crippen MR) is 146 cm³/mol. The number of fused-ring (bicyclic) bond motifs is 2. The van der Waals surface area contributed by atoms with Crippen LogP contribution in [0.25, 0.3) is 11.2 Å². The van der Waals surface area contributed by atoms with Crippen LogP contribution in [-0.4, -0.2) is 70.2 Å². The lowest BCUT2D eigenvalue weighted by Crippen LogP contribution is -2.34. The van der Waals surface area contributed by atoms with Gasteiger partial charge in [-0.3, -0.25) is 9.63 Å². The summed E-state index contributed by atoms with van der Waals surface area (Å²) in [6, 6.07) is 3.38. The van der Waals surface area contributed by atoms with Crippen LogP contribution in [-0.2, 0) is 20.9 Å². The first-order valence-corrected chi connectivity index (χ1v) is 13.9. The Balaban J connectivity index is 0.00000111. The van der Waals surface area contributed by atoms with E-state index in [1.54, 1.807) is 0 Å². The van der Waals surface area contributed by atoms with Gasteiger partial charge < -0.3 is 29.0 Å². The number of aliphatic hydroxyl groups is 1. The van der Waals surface area contributed by atoms with E-state index in [4.69, 9.17) is 35.4 Å². The van der Waals surface area contributed by atoms with Gasteiger partial charge in [0.25, 0.3) is 11.9 Å². The average molecular weight is 601 g/mol. The minimum Gasteiger partial charge on any atom is -0.471 e. The second kappa shape index (κ2) is 15.2. The molecule has 2 aromatic heterocycles. The third-order valence-corrected chi connectivity index (χ3v) is 6.12. The second-order valence-electron chi connectivity index (χ2n) is 8.49. The maximum atomic E-state index is 14.6. The summed E-state index contributed by atoms with van der Waals surface area (Å²) in [5, 5.41) is 9.93. The molecule has 3 N–H and O–H groups in total. The van der Waals surface area contributed by atoms with Crippen molar-refractivity contribution >= 4 is 28.7 Å². The normalized spacial score (nSPS) is 20.9. The van der Waals surface area contributed by atoms with Crippen LogP contribution in [0.1, 0.15) is 57.0 Å². The van der Waals surface area contributed by atoms with Gasteiger partial charge in [-0.05, 0) is 24.6 Å². The van der Waals surface area contributed by atoms with Crippen LogP contribution in [0.4, 0.5) is 8.78 Å². The molecule has 2 aliphatic heterocycles. The lowest BCUT2D eigenvalue weighted by molar-refractivity contribution is 0.00706. The topological polar surface area (TPSA) is 137 Å². The largest absolute Gasteiger partial charge is 0.471 e. The quantitative estimate of drug-likeness (QED) is 0.239. The van der Waals surface area contributed by atoms with E-state index in [-0.39, 0.29) is 47.9 Å². The minimum atomic E-state index is -0.982. The highest BCUT2D eigenvalue weighted by molar-refractivity contribution is 6.32. The number of benzene rings is 1. The molecule has 5 rings (SSSR count). The molecule has 0 aliphatic carbocycles. The number of hydrogen-bond acceptors (Lipinski definition) is 9. The number of aromatic nitrogens is 3. The summed E-state index contributed by atoms with van der Waals surface area (Å²) in [4.78, 5) is 28.3. The first-order chi connectivity index (χ1) is 19.8. The van der Waals surface area contributed by atoms with Crippen LogP contribution in [0.5, 0.6) is 11.9 Å². The molecule has 226 valence electrons. The van der Waals surface area contributed by atoms with E-state index in [0.717, 1.165) is 12.1 Å². The highest BCUT2D eigenvalue weighted by Crippen LogP contribution is 2.31. The highest BCUT2D eigenvalue weighted by Gasteiger charge is 2.48. The lowest BCUT2D eigenvalue weighted by atomic mass is 10.1. The van der Waals surface area contributed by atoms with Crippen LogP contribution in [0.3, 0.4) is 0 Å². The molecule has 1 amide bonds. The van der Waals surface area contributed by atoms with Gasteiger partial charge >= 0.3 is 0 Å². The SMILES string of the molecule is CC.CC.CCCONC(=O)c1cc(F)c(COc2nc3nc(O[C@@H]4COC5[C@H](O)CO[C@@H]54)[nH]c3cc2Cl)c(F)c1. The van der Waals surface area contributed by atoms with Crippen molar-refractivity contribution in [2.75, 3.05) is 19.8 Å². The molecular formula is C27H35ClF2N4O7. The summed E-state index contributed by atoms with van der Waals surface area (Å²) in [6.07, 6.45) is -1.42. The fourth-order valence-corrected chi connectivity index (χ4v) is 4.22. The number of nitrogens with one attached hydrogen (secondary N) is 2. The predicted octanol–water partition coefficient (Wildman–Crippen LogP) is 4.50. The number of carbonyl (C=O) groups excluding carboxylic acids is 1. The number of hydrogen-bond donors (Lipinski definition) is 3. The van der Waals surface area contributed by atoms with Crippen molar-refractivity contribution in [3.8, 4) is 11.9 Å². The number of carbonyl (C=O) groups is 1. The number of imidazole rings is 1. The molecule has 0 bridgehead atoms. The number of halogens is 3. The molecule has 1 unspecified atom stereocenters. The molecule has 0 spiro atoms. The minimum absolute atomic E-state index is 0.0686. The number of aliphatic hydroxyl groups excluding tert-OH is 1. The van der Waals surface area contributed by atoms with Gasteiger partial charge in [0.2, 0.25) is 5.88 Å². The van der Waals surface area contributed by atoms with Crippen LogP contribution in [0.2, 0.25) is 5.02 Å². The second-order valence-corrected chi connectivity index (χ2v) is 8.90. The molecular weight excluding hydrogens is 566 g/mol. The van der Waals surface area contributed by atoms with Gasteiger partial charge in [0.1, 0.15) is 41.6 Å². The van der Waals surface area contributed by atoms with E-state index in [2.05, 4.69) is 20.4 Å². The van der Waals surface area contributed by atoms with E-state index >= 15 is 0 Å². The van der Waals surface area contributed by atoms with Crippen LogP contribution in [0, 0.1) is 11.6 Å². The molecule has 4 heterocycles. The van der Waals surface area contributed by atoms with Crippen LogP contribution in [0.15, 0.2) is 18.2 Å². The molecule has 41 heavy (non-hydrogen) atoms. The van der Waals surface area contributed by atoms with Gasteiger partial charge in [-0.25, -0.2) is 14.3 Å². The molecule has 3 aromatic rings. The fraction of sp³-hybridized carbons (Fsp3) is 0.519. The Morgan fingerprint density at radius 2 is 1.80 bits per heavy atom. The Morgan fingerprint density at radius 1 is 1.12 bits per heavy atom. The number of H-pyrrole nitrogens is 1. The third kappa shape index (κ3) is 7.60. The van der Waals surface area contributed by atoms with Crippen molar-refractivity contribution in [3.05, 3.63) is 46.0 Å². The Bertz CT molecular complexity index is 1290. The maximum Gasteiger partial charge on any atom is 0.296 e. The fourth-order valence-electron chi connectivity index (χ4n) is 4.01. The molecule has 2 fully saturated rings. The summed E-state index contributed by atoms with van der Waals surface area (Å²) in [5.74, 6) is -2.85. The van der Waals surface area contributed by atoms with Gasteiger partial charge in [0.15, 0.2) is 11.8 Å². The van der Waals surface area contributed by atoms with Gasteiger partial charge in [0.05, 0.1) is 30.9 Å². The average Bonchev–Trinajstić information content (AvgIpc) is 3.67. The van der Waals surface area contributed by atoms with Crippen LogP contribution >= 0.6 is 11.6 Å². The first kappa shape index (κ1) is 32.4. The van der Waals surface area contributed by atoms with Gasteiger partial charge in [-0.2, -0.15) is 9.97 Å². The highest BCUT2D eigenvalue weighted by atomic mass is 35.5. The zero-order valence-corrected chi connectivity index (χ0v) is 24.3. The Kier molecular flexibility index (Phi) is 12.0. The van der Waals surface area contributed by atoms with E-state index in [1.165, 1.54) is 6.07 Å². The number of ether oxygens (including phenoxy) is 4. The smallest absolute Gasteiger partial charge is 0.296 e. The van der Waals surface area contributed by atoms with Gasteiger partial charge in [0, 0.05) is 5.56 Å². The molecule has 1 aromatic carbocycles.